The number of hydrogen-bond acceptors (Lipinski definition) is 3. The average molecular weight is 369 g/mol. The molecule has 126 valence electrons. The molecule has 0 unspecified atom stereocenters. The van der Waals surface area contributed by atoms with Gasteiger partial charge in [0.15, 0.2) is 0 Å². The number of anilines is 1. The highest BCUT2D eigenvalue weighted by Crippen LogP contribution is 2.46. The van der Waals surface area contributed by atoms with E-state index < -0.39 is 0 Å². The second-order valence-corrected chi connectivity index (χ2v) is 7.76. The molecule has 1 aliphatic heterocycles. The molecule has 2 heterocycles. The fourth-order valence-electron chi connectivity index (χ4n) is 3.17. The third kappa shape index (κ3) is 3.10. The lowest BCUT2D eigenvalue weighted by molar-refractivity contribution is -0.116. The first-order valence-electron chi connectivity index (χ1n) is 7.97. The Bertz CT molecular complexity index is 916. The third-order valence-corrected chi connectivity index (χ3v) is 6.30. The van der Waals surface area contributed by atoms with Crippen molar-refractivity contribution in [2.24, 2.45) is 0 Å². The molecule has 1 aromatic heterocycles. The Morgan fingerprint density at radius 2 is 1.84 bits per heavy atom. The number of benzene rings is 2. The van der Waals surface area contributed by atoms with Crippen molar-refractivity contribution >= 4 is 34.7 Å². The predicted octanol–water partition coefficient (Wildman–Crippen LogP) is 5.75. The maximum Gasteiger partial charge on any atom is 0.225 e. The van der Waals surface area contributed by atoms with Crippen molar-refractivity contribution in [2.45, 2.75) is 17.2 Å². The Labute approximate surface area is 154 Å². The van der Waals surface area contributed by atoms with Gasteiger partial charge in [-0.3, -0.25) is 4.79 Å². The lowest BCUT2D eigenvalue weighted by Gasteiger charge is -2.24. The summed E-state index contributed by atoms with van der Waals surface area (Å²) >= 11 is 3.36. The topological polar surface area (TPSA) is 29.1 Å². The molecule has 2 aromatic carbocycles. The van der Waals surface area contributed by atoms with E-state index in [0.29, 0.717) is 6.42 Å². The van der Waals surface area contributed by atoms with Gasteiger partial charge in [-0.25, -0.2) is 4.39 Å². The summed E-state index contributed by atoms with van der Waals surface area (Å²) in [6.45, 7) is 0. The highest BCUT2D eigenvalue weighted by atomic mass is 32.2. The van der Waals surface area contributed by atoms with Gasteiger partial charge in [0.25, 0.3) is 0 Å². The van der Waals surface area contributed by atoms with Crippen molar-refractivity contribution in [1.82, 2.24) is 0 Å². The van der Waals surface area contributed by atoms with Crippen LogP contribution in [-0.2, 0) is 4.79 Å². The maximum atomic E-state index is 13.2. The van der Waals surface area contributed by atoms with Crippen LogP contribution in [0.3, 0.4) is 0 Å². The van der Waals surface area contributed by atoms with Crippen LogP contribution < -0.4 is 5.32 Å². The molecule has 1 N–H and O–H groups in total. The van der Waals surface area contributed by atoms with Gasteiger partial charge < -0.3 is 5.32 Å². The van der Waals surface area contributed by atoms with Gasteiger partial charge in [0.05, 0.1) is 5.69 Å². The van der Waals surface area contributed by atoms with Crippen LogP contribution >= 0.6 is 23.1 Å². The van der Waals surface area contributed by atoms with Gasteiger partial charge in [0.1, 0.15) is 5.82 Å². The summed E-state index contributed by atoms with van der Waals surface area (Å²) < 4.78 is 13.2. The van der Waals surface area contributed by atoms with Crippen molar-refractivity contribution < 1.29 is 9.18 Å². The third-order valence-electron chi connectivity index (χ3n) is 4.46. The maximum absolute atomic E-state index is 13.2. The lowest BCUT2D eigenvalue weighted by atomic mass is 9.89. The van der Waals surface area contributed by atoms with Crippen LogP contribution in [-0.4, -0.2) is 12.2 Å². The zero-order valence-corrected chi connectivity index (χ0v) is 15.2. The molecule has 1 atom stereocenters. The van der Waals surface area contributed by atoms with Crippen LogP contribution in [0.4, 0.5) is 10.1 Å². The normalized spacial score (nSPS) is 16.4. The summed E-state index contributed by atoms with van der Waals surface area (Å²) in [4.78, 5) is 14.7. The van der Waals surface area contributed by atoms with Crippen molar-refractivity contribution in [3.8, 4) is 11.1 Å². The number of nitrogens with one attached hydrogen (secondary N) is 1. The van der Waals surface area contributed by atoms with Crippen LogP contribution in [0.15, 0.2) is 58.8 Å². The van der Waals surface area contributed by atoms with Crippen molar-refractivity contribution in [3.63, 3.8) is 0 Å². The van der Waals surface area contributed by atoms with Gasteiger partial charge in [-0.1, -0.05) is 24.3 Å². The Morgan fingerprint density at radius 1 is 1.12 bits per heavy atom. The van der Waals surface area contributed by atoms with Gasteiger partial charge >= 0.3 is 0 Å². The minimum Gasteiger partial charge on any atom is -0.325 e. The van der Waals surface area contributed by atoms with E-state index in [4.69, 9.17) is 0 Å². The second kappa shape index (κ2) is 6.65. The molecule has 0 bridgehead atoms. The molecule has 1 amide bonds. The van der Waals surface area contributed by atoms with Crippen LogP contribution in [0.5, 0.6) is 0 Å². The van der Waals surface area contributed by atoms with E-state index in [1.54, 1.807) is 35.2 Å². The molecule has 0 saturated heterocycles. The van der Waals surface area contributed by atoms with Crippen molar-refractivity contribution in [2.75, 3.05) is 11.6 Å². The summed E-state index contributed by atoms with van der Waals surface area (Å²) in [5.41, 5.74) is 3.89. The molecule has 0 saturated carbocycles. The number of fused-ring (bicyclic) bond motifs is 1. The first kappa shape index (κ1) is 16.4. The zero-order valence-electron chi connectivity index (χ0n) is 13.6. The molecule has 0 spiro atoms. The number of rotatable bonds is 3. The van der Waals surface area contributed by atoms with Crippen LogP contribution in [0.1, 0.15) is 22.8 Å². The Kier molecular flexibility index (Phi) is 4.36. The van der Waals surface area contributed by atoms with Crippen molar-refractivity contribution in [3.05, 3.63) is 70.2 Å². The van der Waals surface area contributed by atoms with E-state index in [0.717, 1.165) is 27.3 Å². The number of hydrogen-bond donors (Lipinski definition) is 1. The molecule has 0 fully saturated rings. The Morgan fingerprint density at radius 3 is 2.52 bits per heavy atom. The highest BCUT2D eigenvalue weighted by Gasteiger charge is 2.30. The molecule has 2 nitrogen and oxygen atoms in total. The van der Waals surface area contributed by atoms with E-state index in [2.05, 4.69) is 35.8 Å². The monoisotopic (exact) mass is 369 g/mol. The Balaban J connectivity index is 1.76. The quantitative estimate of drug-likeness (QED) is 0.596. The van der Waals surface area contributed by atoms with Gasteiger partial charge in [0.2, 0.25) is 5.91 Å². The summed E-state index contributed by atoms with van der Waals surface area (Å²) in [5.74, 6) is -0.171. The number of amides is 1. The number of halogens is 1. The summed E-state index contributed by atoms with van der Waals surface area (Å²) in [7, 11) is 0. The zero-order chi connectivity index (χ0) is 17.4. The van der Waals surface area contributed by atoms with Crippen LogP contribution in [0.25, 0.3) is 11.1 Å². The largest absolute Gasteiger partial charge is 0.325 e. The minimum atomic E-state index is -0.261. The fourth-order valence-corrected chi connectivity index (χ4v) is 4.74. The van der Waals surface area contributed by atoms with E-state index in [-0.39, 0.29) is 17.6 Å². The van der Waals surface area contributed by atoms with E-state index in [9.17, 15) is 9.18 Å². The molecule has 25 heavy (non-hydrogen) atoms. The summed E-state index contributed by atoms with van der Waals surface area (Å²) in [6.07, 6.45) is 2.50. The van der Waals surface area contributed by atoms with E-state index in [1.165, 1.54) is 17.0 Å². The molecular formula is C20H16FNOS2. The summed E-state index contributed by atoms with van der Waals surface area (Å²) in [6, 6.07) is 14.8. The van der Waals surface area contributed by atoms with Crippen molar-refractivity contribution in [1.29, 1.82) is 0 Å². The van der Waals surface area contributed by atoms with Crippen LogP contribution in [0.2, 0.25) is 0 Å². The molecule has 3 aromatic rings. The molecule has 4 rings (SSSR count). The van der Waals surface area contributed by atoms with E-state index in [1.807, 2.05) is 5.38 Å². The first-order chi connectivity index (χ1) is 12.2. The molecule has 0 radical (unpaired) electrons. The number of thiophene rings is 1. The predicted molar refractivity (Wildman–Crippen MR) is 103 cm³/mol. The van der Waals surface area contributed by atoms with Gasteiger partial charge in [-0.15, -0.1) is 23.1 Å². The molecule has 1 aliphatic rings. The molecule has 0 aliphatic carbocycles. The smallest absolute Gasteiger partial charge is 0.225 e. The first-order valence-corrected chi connectivity index (χ1v) is 10.1. The van der Waals surface area contributed by atoms with Crippen LogP contribution in [0, 0.1) is 5.82 Å². The SMILES string of the molecule is CSc1ccc([C@H]2CC(=O)Nc3c(-c4ccc(F)cc4)csc32)cc1. The molecule has 5 heteroatoms. The number of thioether (sulfide) groups is 1. The van der Waals surface area contributed by atoms with Gasteiger partial charge in [-0.2, -0.15) is 0 Å². The number of carbonyl (C=O) groups excluding carboxylic acids is 1. The fraction of sp³-hybridized carbons (Fsp3) is 0.150. The van der Waals surface area contributed by atoms with Gasteiger partial charge in [0, 0.05) is 33.1 Å². The average Bonchev–Trinajstić information content (AvgIpc) is 3.05. The minimum absolute atomic E-state index is 0.0215. The molecular weight excluding hydrogens is 353 g/mol. The Hall–Kier alpha value is -2.11. The standard InChI is InChI=1S/C20H16FNOS2/c1-24-15-8-4-12(5-9-15)16-10-18(23)22-19-17(11-25-20(16)19)13-2-6-14(21)7-3-13/h2-9,11,16H,10H2,1H3,(H,22,23)/t16-/m1/s1. The second-order valence-electron chi connectivity index (χ2n) is 5.97. The highest BCUT2D eigenvalue weighted by molar-refractivity contribution is 7.98. The lowest BCUT2D eigenvalue weighted by Crippen LogP contribution is -2.22. The van der Waals surface area contributed by atoms with Gasteiger partial charge in [-0.05, 0) is 41.6 Å². The summed E-state index contributed by atoms with van der Waals surface area (Å²) in [5, 5.41) is 5.07. The van der Waals surface area contributed by atoms with E-state index >= 15 is 0 Å². The number of carbonyl (C=O) groups is 1.